The van der Waals surface area contributed by atoms with Gasteiger partial charge in [-0.25, -0.2) is 0 Å². The van der Waals surface area contributed by atoms with Gasteiger partial charge in [0.1, 0.15) is 0 Å². The molecular weight excluding hydrogens is 196 g/mol. The summed E-state index contributed by atoms with van der Waals surface area (Å²) in [6, 6.07) is 0. The highest BCUT2D eigenvalue weighted by Crippen LogP contribution is 2.15. The topological polar surface area (TPSA) is 69.9 Å². The third-order valence-corrected chi connectivity index (χ3v) is 1.71. The lowest BCUT2D eigenvalue weighted by molar-refractivity contribution is 0.627. The smallest absolute Gasteiger partial charge is 0.159 e. The molecule has 0 aromatic carbocycles. The summed E-state index contributed by atoms with van der Waals surface area (Å²) in [5, 5.41) is 3.97. The van der Waals surface area contributed by atoms with Crippen LogP contribution in [0.4, 0.5) is 5.82 Å². The first-order valence-corrected chi connectivity index (χ1v) is 3.72. The largest absolute Gasteiger partial charge is 0.381 e. The third-order valence-electron chi connectivity index (χ3n) is 1.10. The van der Waals surface area contributed by atoms with Crippen molar-refractivity contribution in [1.82, 2.24) is 9.78 Å². The van der Waals surface area contributed by atoms with Crippen LogP contribution in [0.5, 0.6) is 0 Å². The highest BCUT2D eigenvalue weighted by molar-refractivity contribution is 9.10. The van der Waals surface area contributed by atoms with Crippen LogP contribution >= 0.6 is 15.9 Å². The second-order valence-corrected chi connectivity index (χ2v) is 2.77. The van der Waals surface area contributed by atoms with Gasteiger partial charge in [-0.15, -0.1) is 0 Å². The number of rotatable bonds is 2. The maximum atomic E-state index is 5.45. The summed E-state index contributed by atoms with van der Waals surface area (Å²) in [5.41, 5.74) is 10.8. The molecule has 1 aromatic heterocycles. The molecule has 1 aromatic rings. The summed E-state index contributed by atoms with van der Waals surface area (Å²) < 4.78 is 2.53. The van der Waals surface area contributed by atoms with Crippen LogP contribution in [0.1, 0.15) is 0 Å². The normalized spacial score (nSPS) is 10.2. The Morgan fingerprint density at radius 3 is 2.80 bits per heavy atom. The fourth-order valence-corrected chi connectivity index (χ4v) is 0.974. The molecule has 0 bridgehead atoms. The van der Waals surface area contributed by atoms with Gasteiger partial charge in [-0.2, -0.15) is 5.10 Å². The van der Waals surface area contributed by atoms with Crippen molar-refractivity contribution in [2.45, 2.75) is 6.54 Å². The third kappa shape index (κ3) is 1.48. The van der Waals surface area contributed by atoms with Crippen LogP contribution in [0.3, 0.4) is 0 Å². The molecule has 0 aliphatic heterocycles. The van der Waals surface area contributed by atoms with Crippen LogP contribution in [0.2, 0.25) is 0 Å². The molecule has 0 radical (unpaired) electrons. The standard InChI is InChI=1S/C5H9BrN4/c6-4-3-10(2-1-7)9-5(4)8/h3H,1-2,7H2,(H2,8,9). The molecule has 1 heterocycles. The van der Waals surface area contributed by atoms with Gasteiger partial charge in [-0.1, -0.05) is 0 Å². The van der Waals surface area contributed by atoms with E-state index in [0.29, 0.717) is 18.9 Å². The van der Waals surface area contributed by atoms with Crippen molar-refractivity contribution in [3.63, 3.8) is 0 Å². The zero-order valence-electron chi connectivity index (χ0n) is 5.42. The second kappa shape index (κ2) is 3.03. The van der Waals surface area contributed by atoms with Gasteiger partial charge in [-0.05, 0) is 15.9 Å². The quantitative estimate of drug-likeness (QED) is 0.723. The van der Waals surface area contributed by atoms with Crippen molar-refractivity contribution in [1.29, 1.82) is 0 Å². The molecular formula is C5H9BrN4. The van der Waals surface area contributed by atoms with Crippen molar-refractivity contribution in [2.24, 2.45) is 5.73 Å². The minimum Gasteiger partial charge on any atom is -0.381 e. The molecule has 0 aliphatic rings. The molecule has 0 spiro atoms. The Morgan fingerprint density at radius 2 is 2.40 bits per heavy atom. The van der Waals surface area contributed by atoms with Crippen molar-refractivity contribution in [3.05, 3.63) is 10.7 Å². The van der Waals surface area contributed by atoms with Crippen LogP contribution in [0.25, 0.3) is 0 Å². The van der Waals surface area contributed by atoms with Crippen molar-refractivity contribution < 1.29 is 0 Å². The number of anilines is 1. The zero-order valence-corrected chi connectivity index (χ0v) is 7.00. The molecule has 1 rings (SSSR count). The fourth-order valence-electron chi connectivity index (χ4n) is 0.659. The molecule has 4 N–H and O–H groups in total. The van der Waals surface area contributed by atoms with Crippen LogP contribution in [-0.4, -0.2) is 16.3 Å². The molecule has 0 fully saturated rings. The summed E-state index contributed by atoms with van der Waals surface area (Å²) in [4.78, 5) is 0. The van der Waals surface area contributed by atoms with Gasteiger partial charge in [0.2, 0.25) is 0 Å². The average Bonchev–Trinajstić information content (AvgIpc) is 2.14. The number of hydrogen-bond donors (Lipinski definition) is 2. The van der Waals surface area contributed by atoms with E-state index in [0.717, 1.165) is 4.47 Å². The molecule has 0 unspecified atom stereocenters. The van der Waals surface area contributed by atoms with Gasteiger partial charge >= 0.3 is 0 Å². The molecule has 5 heteroatoms. The van der Waals surface area contributed by atoms with Crippen molar-refractivity contribution in [2.75, 3.05) is 12.3 Å². The molecule has 0 aliphatic carbocycles. The summed E-state index contributed by atoms with van der Waals surface area (Å²) in [5.74, 6) is 0.508. The van der Waals surface area contributed by atoms with E-state index >= 15 is 0 Å². The molecule has 4 nitrogen and oxygen atoms in total. The van der Waals surface area contributed by atoms with Crippen LogP contribution in [-0.2, 0) is 6.54 Å². The molecule has 0 atom stereocenters. The number of hydrogen-bond acceptors (Lipinski definition) is 3. The van der Waals surface area contributed by atoms with Gasteiger partial charge in [0.05, 0.1) is 11.0 Å². The Labute approximate surface area is 67.3 Å². The molecule has 56 valence electrons. The van der Waals surface area contributed by atoms with Gasteiger partial charge in [0.15, 0.2) is 5.82 Å². The maximum Gasteiger partial charge on any atom is 0.159 e. The van der Waals surface area contributed by atoms with E-state index in [1.807, 2.05) is 6.20 Å². The predicted molar refractivity (Wildman–Crippen MR) is 43.4 cm³/mol. The minimum atomic E-state index is 0.508. The maximum absolute atomic E-state index is 5.45. The highest BCUT2D eigenvalue weighted by Gasteiger charge is 1.99. The van der Waals surface area contributed by atoms with E-state index in [2.05, 4.69) is 21.0 Å². The van der Waals surface area contributed by atoms with E-state index < -0.39 is 0 Å². The number of aromatic nitrogens is 2. The SMILES string of the molecule is NCCn1cc(Br)c(N)n1. The van der Waals surface area contributed by atoms with E-state index in [1.165, 1.54) is 0 Å². The van der Waals surface area contributed by atoms with Gasteiger partial charge < -0.3 is 11.5 Å². The number of nitrogens with two attached hydrogens (primary N) is 2. The van der Waals surface area contributed by atoms with Crippen LogP contribution in [0, 0.1) is 0 Å². The molecule has 10 heavy (non-hydrogen) atoms. The molecule has 0 saturated carbocycles. The Kier molecular flexibility index (Phi) is 2.29. The number of halogens is 1. The Balaban J connectivity index is 2.77. The van der Waals surface area contributed by atoms with E-state index in [1.54, 1.807) is 4.68 Å². The second-order valence-electron chi connectivity index (χ2n) is 1.91. The monoisotopic (exact) mass is 204 g/mol. The molecule has 0 amide bonds. The zero-order chi connectivity index (χ0) is 7.56. The van der Waals surface area contributed by atoms with Crippen molar-refractivity contribution >= 4 is 21.7 Å². The van der Waals surface area contributed by atoms with Crippen LogP contribution < -0.4 is 11.5 Å². The summed E-state index contributed by atoms with van der Waals surface area (Å²) >= 11 is 3.24. The summed E-state index contributed by atoms with van der Waals surface area (Å²) in [6.07, 6.45) is 1.81. The molecule has 0 saturated heterocycles. The lowest BCUT2D eigenvalue weighted by atomic mass is 10.6. The Bertz CT molecular complexity index is 200. The first-order chi connectivity index (χ1) is 4.74. The van der Waals surface area contributed by atoms with E-state index in [4.69, 9.17) is 11.5 Å². The first-order valence-electron chi connectivity index (χ1n) is 2.92. The highest BCUT2D eigenvalue weighted by atomic mass is 79.9. The predicted octanol–water partition coefficient (Wildman–Crippen LogP) is 0.186. The minimum absolute atomic E-state index is 0.508. The van der Waals surface area contributed by atoms with Gasteiger partial charge in [0, 0.05) is 12.7 Å². The fraction of sp³-hybridized carbons (Fsp3) is 0.400. The number of nitrogen functional groups attached to an aromatic ring is 1. The van der Waals surface area contributed by atoms with E-state index in [9.17, 15) is 0 Å². The summed E-state index contributed by atoms with van der Waals surface area (Å²) in [6.45, 7) is 1.28. The average molecular weight is 205 g/mol. The first kappa shape index (κ1) is 7.56. The lowest BCUT2D eigenvalue weighted by Gasteiger charge is -1.93. The van der Waals surface area contributed by atoms with Gasteiger partial charge in [-0.3, -0.25) is 4.68 Å². The Hall–Kier alpha value is -0.550. The van der Waals surface area contributed by atoms with E-state index in [-0.39, 0.29) is 0 Å². The van der Waals surface area contributed by atoms with Gasteiger partial charge in [0.25, 0.3) is 0 Å². The number of nitrogens with zero attached hydrogens (tertiary/aromatic N) is 2. The Morgan fingerprint density at radius 1 is 1.70 bits per heavy atom. The summed E-state index contributed by atoms with van der Waals surface area (Å²) in [7, 11) is 0. The lowest BCUT2D eigenvalue weighted by Crippen LogP contribution is -2.10. The van der Waals surface area contributed by atoms with Crippen LogP contribution in [0.15, 0.2) is 10.7 Å². The van der Waals surface area contributed by atoms with Crippen molar-refractivity contribution in [3.8, 4) is 0 Å².